The summed E-state index contributed by atoms with van der Waals surface area (Å²) < 4.78 is 6.75. The first-order chi connectivity index (χ1) is 7.31. The Morgan fingerprint density at radius 3 is 3.13 bits per heavy atom. The summed E-state index contributed by atoms with van der Waals surface area (Å²) in [4.78, 5) is 0. The quantitative estimate of drug-likeness (QED) is 0.911. The second-order valence-corrected chi connectivity index (χ2v) is 4.73. The van der Waals surface area contributed by atoms with E-state index in [-0.39, 0.29) is 0 Å². The molecule has 0 fully saturated rings. The van der Waals surface area contributed by atoms with Crippen LogP contribution in [0.4, 0.5) is 0 Å². The number of aryl methyl sites for hydroxylation is 1. The van der Waals surface area contributed by atoms with Gasteiger partial charge in [0.25, 0.3) is 0 Å². The van der Waals surface area contributed by atoms with E-state index in [0.29, 0.717) is 0 Å². The molecule has 3 heteroatoms. The number of hydrogen-bond acceptors (Lipinski definition) is 2. The zero-order valence-corrected chi connectivity index (χ0v) is 10.6. The fourth-order valence-corrected chi connectivity index (χ4v) is 2.57. The van der Waals surface area contributed by atoms with Crippen LogP contribution in [0.5, 0.6) is 5.75 Å². The molecule has 0 amide bonds. The zero-order chi connectivity index (χ0) is 10.7. The Bertz CT molecular complexity index is 352. The highest BCUT2D eigenvalue weighted by atomic mass is 79.9. The normalized spacial score (nSPS) is 14.5. The van der Waals surface area contributed by atoms with Gasteiger partial charge in [-0.3, -0.25) is 0 Å². The van der Waals surface area contributed by atoms with Gasteiger partial charge in [0.05, 0.1) is 11.1 Å². The van der Waals surface area contributed by atoms with E-state index in [1.807, 2.05) is 7.05 Å². The standard InChI is InChI=1S/C12H16BrNO/c1-14-5-4-9-7-10-3-2-6-15-12(10)11(13)8-9/h7-8,14H,2-6H2,1H3. The lowest BCUT2D eigenvalue weighted by molar-refractivity contribution is 0.286. The highest BCUT2D eigenvalue weighted by Crippen LogP contribution is 2.34. The number of fused-ring (bicyclic) bond motifs is 1. The summed E-state index contributed by atoms with van der Waals surface area (Å²) in [6.07, 6.45) is 3.35. The van der Waals surface area contributed by atoms with Crippen LogP contribution < -0.4 is 10.1 Å². The van der Waals surface area contributed by atoms with Gasteiger partial charge >= 0.3 is 0 Å². The molecule has 15 heavy (non-hydrogen) atoms. The molecule has 82 valence electrons. The van der Waals surface area contributed by atoms with E-state index in [4.69, 9.17) is 4.74 Å². The lowest BCUT2D eigenvalue weighted by Gasteiger charge is -2.19. The second-order valence-electron chi connectivity index (χ2n) is 3.87. The van der Waals surface area contributed by atoms with Gasteiger partial charge < -0.3 is 10.1 Å². The first kappa shape index (κ1) is 11.0. The molecule has 0 aromatic heterocycles. The van der Waals surface area contributed by atoms with Crippen molar-refractivity contribution in [2.24, 2.45) is 0 Å². The maximum atomic E-state index is 5.65. The highest BCUT2D eigenvalue weighted by molar-refractivity contribution is 9.10. The van der Waals surface area contributed by atoms with E-state index in [9.17, 15) is 0 Å². The summed E-state index contributed by atoms with van der Waals surface area (Å²) >= 11 is 3.58. The van der Waals surface area contributed by atoms with Gasteiger partial charge in [0.1, 0.15) is 5.75 Å². The molecule has 0 aliphatic carbocycles. The lowest BCUT2D eigenvalue weighted by atomic mass is 10.0. The van der Waals surface area contributed by atoms with Crippen LogP contribution in [0.3, 0.4) is 0 Å². The molecule has 2 nitrogen and oxygen atoms in total. The molecule has 0 bridgehead atoms. The van der Waals surface area contributed by atoms with Gasteiger partial charge in [-0.1, -0.05) is 6.07 Å². The Kier molecular flexibility index (Phi) is 3.65. The Labute approximate surface area is 99.1 Å². The third-order valence-corrected chi connectivity index (χ3v) is 3.27. The number of benzene rings is 1. The van der Waals surface area contributed by atoms with Crippen molar-refractivity contribution < 1.29 is 4.74 Å². The van der Waals surface area contributed by atoms with Crippen molar-refractivity contribution in [3.8, 4) is 5.75 Å². The van der Waals surface area contributed by atoms with Crippen molar-refractivity contribution in [3.63, 3.8) is 0 Å². The van der Waals surface area contributed by atoms with Gasteiger partial charge in [0, 0.05) is 0 Å². The number of likely N-dealkylation sites (N-methyl/N-ethyl adjacent to an activating group) is 1. The minimum absolute atomic E-state index is 0.849. The molecule has 2 rings (SSSR count). The summed E-state index contributed by atoms with van der Waals surface area (Å²) in [7, 11) is 1.98. The van der Waals surface area contributed by atoms with E-state index >= 15 is 0 Å². The molecule has 0 saturated carbocycles. The number of hydrogen-bond donors (Lipinski definition) is 1. The first-order valence-corrected chi connectivity index (χ1v) is 6.19. The molecule has 1 aromatic carbocycles. The van der Waals surface area contributed by atoms with Crippen LogP contribution in [0.25, 0.3) is 0 Å². The van der Waals surface area contributed by atoms with Gasteiger partial charge in [-0.15, -0.1) is 0 Å². The average molecular weight is 270 g/mol. The van der Waals surface area contributed by atoms with Crippen molar-refractivity contribution in [1.29, 1.82) is 0 Å². The zero-order valence-electron chi connectivity index (χ0n) is 8.98. The molecule has 1 aliphatic rings. The van der Waals surface area contributed by atoms with E-state index in [1.54, 1.807) is 0 Å². The monoisotopic (exact) mass is 269 g/mol. The van der Waals surface area contributed by atoms with Crippen molar-refractivity contribution in [3.05, 3.63) is 27.7 Å². The largest absolute Gasteiger partial charge is 0.492 e. The van der Waals surface area contributed by atoms with Crippen LogP contribution in [0.2, 0.25) is 0 Å². The van der Waals surface area contributed by atoms with Crippen molar-refractivity contribution in [2.45, 2.75) is 19.3 Å². The molecule has 0 radical (unpaired) electrons. The van der Waals surface area contributed by atoms with Crippen molar-refractivity contribution >= 4 is 15.9 Å². The van der Waals surface area contributed by atoms with Crippen LogP contribution in [0.15, 0.2) is 16.6 Å². The molecule has 1 N–H and O–H groups in total. The van der Waals surface area contributed by atoms with Crippen LogP contribution in [-0.2, 0) is 12.8 Å². The van der Waals surface area contributed by atoms with E-state index in [2.05, 4.69) is 33.4 Å². The first-order valence-electron chi connectivity index (χ1n) is 5.40. The number of rotatable bonds is 3. The van der Waals surface area contributed by atoms with Crippen molar-refractivity contribution in [2.75, 3.05) is 20.2 Å². The Balaban J connectivity index is 2.24. The number of halogens is 1. The fraction of sp³-hybridized carbons (Fsp3) is 0.500. The molecule has 0 atom stereocenters. The Hall–Kier alpha value is -0.540. The summed E-state index contributed by atoms with van der Waals surface area (Å²) in [6.45, 7) is 1.87. The van der Waals surface area contributed by atoms with Gasteiger partial charge in [-0.05, 0) is 66.0 Å². The minimum Gasteiger partial charge on any atom is -0.492 e. The van der Waals surface area contributed by atoms with Gasteiger partial charge in [0.15, 0.2) is 0 Å². The average Bonchev–Trinajstić information content (AvgIpc) is 2.26. The third kappa shape index (κ3) is 2.52. The van der Waals surface area contributed by atoms with Gasteiger partial charge in [-0.25, -0.2) is 0 Å². The third-order valence-electron chi connectivity index (χ3n) is 2.68. The highest BCUT2D eigenvalue weighted by Gasteiger charge is 2.14. The molecule has 0 spiro atoms. The molecular formula is C12H16BrNO. The summed E-state index contributed by atoms with van der Waals surface area (Å²) in [5, 5.41) is 3.17. The van der Waals surface area contributed by atoms with Gasteiger partial charge in [0.2, 0.25) is 0 Å². The Morgan fingerprint density at radius 2 is 2.33 bits per heavy atom. The summed E-state index contributed by atoms with van der Waals surface area (Å²) in [5.74, 6) is 1.05. The van der Waals surface area contributed by atoms with Gasteiger partial charge in [-0.2, -0.15) is 0 Å². The van der Waals surface area contributed by atoms with Crippen LogP contribution in [0.1, 0.15) is 17.5 Å². The SMILES string of the molecule is CNCCc1cc(Br)c2c(c1)CCCO2. The molecule has 0 unspecified atom stereocenters. The van der Waals surface area contributed by atoms with Crippen molar-refractivity contribution in [1.82, 2.24) is 5.32 Å². The van der Waals surface area contributed by atoms with Crippen LogP contribution in [-0.4, -0.2) is 20.2 Å². The van der Waals surface area contributed by atoms with E-state index in [1.165, 1.54) is 11.1 Å². The minimum atomic E-state index is 0.849. The van der Waals surface area contributed by atoms with Crippen LogP contribution in [0, 0.1) is 0 Å². The maximum absolute atomic E-state index is 5.65. The lowest BCUT2D eigenvalue weighted by Crippen LogP contribution is -2.12. The summed E-state index contributed by atoms with van der Waals surface area (Å²) in [5.41, 5.74) is 2.72. The number of ether oxygens (including phenoxy) is 1. The van der Waals surface area contributed by atoms with Crippen LogP contribution >= 0.6 is 15.9 Å². The van der Waals surface area contributed by atoms with E-state index < -0.39 is 0 Å². The molecule has 1 aromatic rings. The predicted molar refractivity (Wildman–Crippen MR) is 65.6 cm³/mol. The molecule has 0 saturated heterocycles. The smallest absolute Gasteiger partial charge is 0.136 e. The topological polar surface area (TPSA) is 21.3 Å². The molecule has 1 heterocycles. The maximum Gasteiger partial charge on any atom is 0.136 e. The summed E-state index contributed by atoms with van der Waals surface area (Å²) in [6, 6.07) is 4.44. The Morgan fingerprint density at radius 1 is 1.47 bits per heavy atom. The predicted octanol–water partition coefficient (Wildman–Crippen LogP) is 2.54. The second kappa shape index (κ2) is 4.99. The number of nitrogens with one attached hydrogen (secondary N) is 1. The fourth-order valence-electron chi connectivity index (χ4n) is 1.91. The molecular weight excluding hydrogens is 254 g/mol. The van der Waals surface area contributed by atoms with E-state index in [0.717, 1.165) is 42.6 Å². The molecule has 1 aliphatic heterocycles.